The number of methoxy groups -OCH3 is 2. The van der Waals surface area contributed by atoms with Gasteiger partial charge in [-0.25, -0.2) is 42.0 Å². The van der Waals surface area contributed by atoms with Crippen LogP contribution in [0.25, 0.3) is 5.69 Å². The molecule has 0 fully saturated rings. The van der Waals surface area contributed by atoms with Gasteiger partial charge >= 0.3 is 43.0 Å². The smallest absolute Gasteiger partial charge is 0.442 e. The highest BCUT2D eigenvalue weighted by molar-refractivity contribution is 7.94. The Morgan fingerprint density at radius 3 is 1.74 bits per heavy atom. The van der Waals surface area contributed by atoms with E-state index in [2.05, 4.69) is 69.5 Å². The van der Waals surface area contributed by atoms with Gasteiger partial charge in [-0.1, -0.05) is 62.0 Å². The van der Waals surface area contributed by atoms with Crippen LogP contribution < -0.4 is 59.7 Å². The summed E-state index contributed by atoms with van der Waals surface area (Å²) < 4.78 is 141. The number of carbonyl (C=O) groups excluding carboxylic acids is 3. The number of nitrogens with zero attached hydrogens (tertiary/aromatic N) is 8. The van der Waals surface area contributed by atoms with Crippen molar-refractivity contribution in [1.29, 1.82) is 0 Å². The van der Waals surface area contributed by atoms with Crippen molar-refractivity contribution in [2.45, 2.75) is 49.3 Å². The predicted octanol–water partition coefficient (Wildman–Crippen LogP) is 4.09. The van der Waals surface area contributed by atoms with Crippen LogP contribution in [-0.2, 0) is 45.7 Å². The van der Waals surface area contributed by atoms with Gasteiger partial charge in [-0.05, 0) is 41.2 Å². The first-order valence-electron chi connectivity index (χ1n) is 25.1. The number of benzene rings is 2. The minimum Gasteiger partial charge on any atom is -0.778 e. The summed E-state index contributed by atoms with van der Waals surface area (Å²) in [5.74, 6) is -3.98. The first-order chi connectivity index (χ1) is 43.5. The van der Waals surface area contributed by atoms with Gasteiger partial charge in [0.2, 0.25) is 41.3 Å². The van der Waals surface area contributed by atoms with E-state index in [-0.39, 0.29) is 39.9 Å². The minimum atomic E-state index is -4.71. The van der Waals surface area contributed by atoms with Gasteiger partial charge in [0.1, 0.15) is 24.8 Å². The van der Waals surface area contributed by atoms with Crippen molar-refractivity contribution in [2.24, 2.45) is 0 Å². The Bertz CT molecular complexity index is 3960. The number of amides is 5. The van der Waals surface area contributed by atoms with Crippen molar-refractivity contribution in [3.63, 3.8) is 0 Å². The maximum atomic E-state index is 12.5. The molecule has 0 spiro atoms. The molecule has 1 atom stereocenters. The number of pyridine rings is 1. The van der Waals surface area contributed by atoms with Crippen molar-refractivity contribution in [3.05, 3.63) is 104 Å². The highest BCUT2D eigenvalue weighted by Gasteiger charge is 2.29. The number of aromatic carboxylic acids is 1. The molecule has 1 unspecified atom stereocenters. The normalized spacial score (nSPS) is 11.5. The van der Waals surface area contributed by atoms with Crippen LogP contribution in [0, 0.1) is 12.3 Å². The molecule has 94 heavy (non-hydrogen) atoms. The lowest BCUT2D eigenvalue weighted by Gasteiger charge is -2.14. The van der Waals surface area contributed by atoms with Crippen LogP contribution in [0.5, 0.6) is 29.3 Å². The number of carbonyl (C=O) groups is 5. The number of urea groups is 2. The van der Waals surface area contributed by atoms with E-state index >= 15 is 0 Å². The molecule has 6 aromatic rings. The summed E-state index contributed by atoms with van der Waals surface area (Å²) in [4.78, 5) is 106. The maximum Gasteiger partial charge on any atom is 0.442 e. The van der Waals surface area contributed by atoms with E-state index in [4.69, 9.17) is 63.4 Å². The van der Waals surface area contributed by atoms with Crippen LogP contribution in [0.1, 0.15) is 47.4 Å². The third-order valence-electron chi connectivity index (χ3n) is 9.49. The molecule has 8 N–H and O–H groups in total. The lowest BCUT2D eigenvalue weighted by molar-refractivity contribution is -0.193. The van der Waals surface area contributed by atoms with Crippen molar-refractivity contribution >= 4 is 104 Å². The molecular weight excluding hydrogens is 1390 g/mol. The number of aliphatic carboxylic acids is 1. The molecule has 514 valence electrons. The number of sulfonamides is 2. The van der Waals surface area contributed by atoms with Crippen LogP contribution in [0.2, 0.25) is 10.0 Å². The summed E-state index contributed by atoms with van der Waals surface area (Å²) in [6.07, 6.45) is 12.2. The van der Waals surface area contributed by atoms with Crippen molar-refractivity contribution in [3.8, 4) is 47.3 Å². The molecule has 0 aliphatic carbocycles. The number of alkyl halides is 4. The molecule has 0 aliphatic heterocycles. The molecule has 4 heterocycles. The van der Waals surface area contributed by atoms with E-state index in [1.165, 1.54) is 86.6 Å². The largest absolute Gasteiger partial charge is 0.778 e. The Morgan fingerprint density at radius 1 is 0.809 bits per heavy atom. The SMILES string of the molecule is C#CCOc1cc(-n2nc(C(C)(C)C)oc2=O)c(Cl)cc1Cl.COc1cc(OC)nc(NC(=O)NS(=O)(=O)c2ncccc2C(=O)N(C)C)n1.C[S+](C)C.O=C(Nc1nc(OC(F)F)cc(OC(F)F)n1)NS(=O)(=O)c1ccccc1C(=O)O.O=C(O)CNCP(=O)([O-])O. The maximum absolute atomic E-state index is 12.5. The fraction of sp³-hybridized carbons (Fsp3) is 0.320. The molecular formula is C50H58Cl2F4N13O21PS3. The average molecular weight is 1450 g/mol. The fourth-order valence-electron chi connectivity index (χ4n) is 5.87. The van der Waals surface area contributed by atoms with Gasteiger partial charge in [0.15, 0.2) is 5.03 Å². The number of carboxylic acids is 2. The van der Waals surface area contributed by atoms with Gasteiger partial charge < -0.3 is 57.6 Å². The first-order valence-corrected chi connectivity index (χ1v) is 33.0. The van der Waals surface area contributed by atoms with Crippen molar-refractivity contribution in [2.75, 3.05) is 77.2 Å². The molecule has 2 aromatic carbocycles. The Balaban J connectivity index is 0.000000438. The molecule has 4 aromatic heterocycles. The highest BCUT2D eigenvalue weighted by Crippen LogP contribution is 2.33. The second kappa shape index (κ2) is 36.9. The van der Waals surface area contributed by atoms with Crippen molar-refractivity contribution in [1.82, 2.24) is 54.4 Å². The zero-order chi connectivity index (χ0) is 71.6. The second-order valence-electron chi connectivity index (χ2n) is 18.8. The fourth-order valence-corrected chi connectivity index (χ4v) is 8.92. The number of carboxylic acid groups (broad SMARTS) is 2. The molecule has 5 amide bonds. The van der Waals surface area contributed by atoms with Gasteiger partial charge in [-0.3, -0.25) is 25.5 Å². The minimum absolute atomic E-state index is 0.0434. The van der Waals surface area contributed by atoms with E-state index in [9.17, 15) is 72.6 Å². The van der Waals surface area contributed by atoms with E-state index < -0.39 is 128 Å². The summed E-state index contributed by atoms with van der Waals surface area (Å²) in [6, 6.07) is 9.09. The monoisotopic (exact) mass is 1450 g/mol. The number of aromatic nitrogens is 7. The molecule has 6 rings (SSSR count). The summed E-state index contributed by atoms with van der Waals surface area (Å²) in [6.45, 7) is -1.61. The van der Waals surface area contributed by atoms with E-state index in [1.807, 2.05) is 26.1 Å². The van der Waals surface area contributed by atoms with Gasteiger partial charge in [0.25, 0.3) is 26.0 Å². The highest BCUT2D eigenvalue weighted by atomic mass is 35.5. The van der Waals surface area contributed by atoms with Gasteiger partial charge in [-0.15, -0.1) is 11.5 Å². The van der Waals surface area contributed by atoms with E-state index in [1.54, 1.807) is 10.0 Å². The number of hydrogen-bond acceptors (Lipinski definition) is 25. The third kappa shape index (κ3) is 28.4. The number of halogens is 6. The van der Waals surface area contributed by atoms with Crippen LogP contribution >= 0.6 is 30.8 Å². The number of hydrogen-bond donors (Lipinski definition) is 8. The van der Waals surface area contributed by atoms with E-state index in [0.29, 0.717) is 34.3 Å². The topological polar surface area (TPSA) is 476 Å². The van der Waals surface area contributed by atoms with Crippen LogP contribution in [0.15, 0.2) is 86.0 Å². The zero-order valence-electron chi connectivity index (χ0n) is 50.4. The Morgan fingerprint density at radius 2 is 1.30 bits per heavy atom. The average Bonchev–Trinajstić information content (AvgIpc) is 1.42. The van der Waals surface area contributed by atoms with Crippen LogP contribution in [0.4, 0.5) is 39.0 Å². The quantitative estimate of drug-likeness (QED) is 0.0218. The first kappa shape index (κ1) is 81.0. The Kier molecular flexibility index (Phi) is 31.8. The zero-order valence-corrected chi connectivity index (χ0v) is 55.3. The third-order valence-corrected chi connectivity index (χ3v) is 13.4. The number of rotatable bonds is 21. The number of nitrogens with one attached hydrogen (secondary N) is 5. The van der Waals surface area contributed by atoms with E-state index in [0.717, 1.165) is 16.8 Å². The number of anilines is 2. The molecule has 0 bridgehead atoms. The lowest BCUT2D eigenvalue weighted by Crippen LogP contribution is -2.36. The number of terminal acetylenes is 1. The number of ether oxygens (including phenoxy) is 5. The Labute approximate surface area is 544 Å². The summed E-state index contributed by atoms with van der Waals surface area (Å²) in [5, 5.41) is 27.0. The molecule has 0 radical (unpaired) electrons. The molecule has 34 nitrogen and oxygen atoms in total. The summed E-state index contributed by atoms with van der Waals surface area (Å²) >= 11 is 12.2. The molecule has 0 aliphatic rings. The van der Waals surface area contributed by atoms with Crippen LogP contribution in [-0.4, -0.2) is 181 Å². The molecule has 44 heteroatoms. The van der Waals surface area contributed by atoms with Gasteiger partial charge in [0, 0.05) is 31.8 Å². The standard InChI is InChI=1S/C15H14Cl2N2O3.C15H18N6O6S.C14H10F4N4O7S.C3H8NO5P.C3H9S/c1-5-6-21-12-8-11(9(16)7-10(12)17)19-14(20)22-13(18-19)15(2,3)4;1-21(2)13(22)9-6-5-7-16-12(9)28(24,25)20-15(23)19-14-17-10(26-3)8-11(18-14)27-4;15-11(16)28-8-5-9(29-12(17)18)20-13(19-8)21-14(25)22-30(26,27)7-4-2-1-3-6(7)10(23)24;5-3(6)1-4-2-10(7,8)9;1-4(2)3/h1,7-8H,6H2,2-4H3;5-8H,1-4H3,(H2,17,18,19,20,23);1-5,11-12H,(H,23,24)(H2,19,20,21,22,25);4H,1-2H2,(H,5,6)(H2,7,8,9);1-3H3/q;;;;+1/p-1. The predicted molar refractivity (Wildman–Crippen MR) is 325 cm³/mol. The Hall–Kier alpha value is -9.14. The second-order valence-corrected chi connectivity index (χ2v) is 26.9. The summed E-state index contributed by atoms with van der Waals surface area (Å²) in [5.41, 5.74) is -0.935. The van der Waals surface area contributed by atoms with Crippen LogP contribution in [0.3, 0.4) is 0 Å². The van der Waals surface area contributed by atoms with Gasteiger partial charge in [0.05, 0.1) is 84.8 Å². The lowest BCUT2D eigenvalue weighted by atomic mass is 9.97. The molecule has 0 saturated heterocycles. The summed E-state index contributed by atoms with van der Waals surface area (Å²) in [7, 11) is -7.27. The van der Waals surface area contributed by atoms with Gasteiger partial charge in [-0.2, -0.15) is 50.6 Å². The van der Waals surface area contributed by atoms with Crippen molar-refractivity contribution < 1.29 is 111 Å². The molecule has 0 saturated carbocycles.